The van der Waals surface area contributed by atoms with E-state index in [9.17, 15) is 4.79 Å². The number of hydrogen-bond acceptors (Lipinski definition) is 3. The molecule has 0 radical (unpaired) electrons. The Labute approximate surface area is 135 Å². The normalized spacial score (nSPS) is 20.5. The van der Waals surface area contributed by atoms with E-state index in [1.807, 2.05) is 13.0 Å². The number of hydrogen-bond donors (Lipinski definition) is 2. The summed E-state index contributed by atoms with van der Waals surface area (Å²) in [4.78, 5) is 14.1. The fraction of sp³-hybridized carbons (Fsp3) is 0.533. The minimum atomic E-state index is -0.168. The van der Waals surface area contributed by atoms with Gasteiger partial charge in [0.15, 0.2) is 0 Å². The zero-order chi connectivity index (χ0) is 15.4. The highest BCUT2D eigenvalue weighted by molar-refractivity contribution is 6.35. The van der Waals surface area contributed by atoms with Crippen LogP contribution in [0, 0.1) is 5.92 Å². The van der Waals surface area contributed by atoms with Gasteiger partial charge in [0.05, 0.1) is 12.6 Å². The minimum absolute atomic E-state index is 0.0351. The Bertz CT molecular complexity index is 510. The van der Waals surface area contributed by atoms with Crippen molar-refractivity contribution < 1.29 is 9.90 Å². The number of aliphatic hydroxyl groups is 1. The van der Waals surface area contributed by atoms with Crippen LogP contribution in [0.1, 0.15) is 24.9 Å². The third-order valence-electron chi connectivity index (χ3n) is 3.80. The van der Waals surface area contributed by atoms with Gasteiger partial charge in [-0.1, -0.05) is 29.3 Å². The highest BCUT2D eigenvalue weighted by Crippen LogP contribution is 2.26. The van der Waals surface area contributed by atoms with Gasteiger partial charge in [-0.2, -0.15) is 0 Å². The molecular weight excluding hydrogens is 311 g/mol. The second-order valence-corrected chi connectivity index (χ2v) is 6.37. The first kappa shape index (κ1) is 16.6. The second kappa shape index (κ2) is 7.45. The molecular formula is C15H20Cl2N2O2. The first-order valence-corrected chi connectivity index (χ1v) is 7.82. The molecule has 1 amide bonds. The molecule has 1 aromatic carbocycles. The Morgan fingerprint density at radius 2 is 2.29 bits per heavy atom. The molecule has 1 aliphatic rings. The molecule has 0 spiro atoms. The molecule has 1 aromatic rings. The van der Waals surface area contributed by atoms with E-state index in [0.29, 0.717) is 22.5 Å². The van der Waals surface area contributed by atoms with Gasteiger partial charge in [0.25, 0.3) is 0 Å². The van der Waals surface area contributed by atoms with Crippen LogP contribution >= 0.6 is 23.2 Å². The van der Waals surface area contributed by atoms with Gasteiger partial charge in [0, 0.05) is 23.2 Å². The number of carbonyl (C=O) groups is 1. The Hall–Kier alpha value is -0.810. The zero-order valence-corrected chi connectivity index (χ0v) is 13.5. The second-order valence-electron chi connectivity index (χ2n) is 5.53. The number of nitrogens with zero attached hydrogens (tertiary/aromatic N) is 1. The van der Waals surface area contributed by atoms with Crippen molar-refractivity contribution in [2.75, 3.05) is 26.2 Å². The summed E-state index contributed by atoms with van der Waals surface area (Å²) in [5, 5.41) is 13.2. The number of likely N-dealkylation sites (tertiary alicyclic amines) is 1. The fourth-order valence-electron chi connectivity index (χ4n) is 2.63. The van der Waals surface area contributed by atoms with Crippen LogP contribution in [0.4, 0.5) is 0 Å². The first-order valence-electron chi connectivity index (χ1n) is 7.07. The van der Waals surface area contributed by atoms with E-state index >= 15 is 0 Å². The number of rotatable bonds is 5. The predicted octanol–water partition coefficient (Wildman–Crippen LogP) is 2.48. The smallest absolute Gasteiger partial charge is 0.234 e. The van der Waals surface area contributed by atoms with Crippen molar-refractivity contribution in [2.24, 2.45) is 5.92 Å². The molecule has 0 aromatic heterocycles. The number of nitrogens with one attached hydrogen (secondary N) is 1. The maximum Gasteiger partial charge on any atom is 0.234 e. The molecule has 2 unspecified atom stereocenters. The van der Waals surface area contributed by atoms with Crippen molar-refractivity contribution in [1.29, 1.82) is 0 Å². The topological polar surface area (TPSA) is 52.6 Å². The molecule has 0 bridgehead atoms. The molecule has 1 saturated heterocycles. The predicted molar refractivity (Wildman–Crippen MR) is 84.7 cm³/mol. The molecule has 6 heteroatoms. The van der Waals surface area contributed by atoms with Crippen molar-refractivity contribution in [3.8, 4) is 0 Å². The van der Waals surface area contributed by atoms with Crippen LogP contribution in [0.2, 0.25) is 10.0 Å². The Morgan fingerprint density at radius 1 is 1.52 bits per heavy atom. The van der Waals surface area contributed by atoms with Crippen molar-refractivity contribution in [1.82, 2.24) is 10.2 Å². The van der Waals surface area contributed by atoms with Gasteiger partial charge in [-0.05, 0) is 43.5 Å². The summed E-state index contributed by atoms with van der Waals surface area (Å²) >= 11 is 12.0. The summed E-state index contributed by atoms with van der Waals surface area (Å²) in [5.74, 6) is 0.257. The fourth-order valence-corrected chi connectivity index (χ4v) is 3.20. The highest BCUT2D eigenvalue weighted by Gasteiger charge is 2.24. The molecule has 4 nitrogen and oxygen atoms in total. The molecule has 0 aliphatic carbocycles. The number of halogens is 2. The maximum atomic E-state index is 12.1. The van der Waals surface area contributed by atoms with Crippen LogP contribution in [0.25, 0.3) is 0 Å². The van der Waals surface area contributed by atoms with E-state index in [2.05, 4.69) is 10.2 Å². The quantitative estimate of drug-likeness (QED) is 0.872. The third-order valence-corrected chi connectivity index (χ3v) is 4.36. The van der Waals surface area contributed by atoms with Crippen molar-refractivity contribution in [2.45, 2.75) is 19.4 Å². The monoisotopic (exact) mass is 330 g/mol. The Morgan fingerprint density at radius 3 is 2.90 bits per heavy atom. The first-order chi connectivity index (χ1) is 9.99. The third kappa shape index (κ3) is 4.58. The van der Waals surface area contributed by atoms with Crippen LogP contribution in [0.15, 0.2) is 18.2 Å². The molecule has 1 aliphatic heterocycles. The Balaban J connectivity index is 1.87. The van der Waals surface area contributed by atoms with Gasteiger partial charge in [0.2, 0.25) is 5.91 Å². The lowest BCUT2D eigenvalue weighted by molar-refractivity contribution is -0.122. The van der Waals surface area contributed by atoms with Gasteiger partial charge in [-0.3, -0.25) is 9.69 Å². The SMILES string of the molecule is CC(NC(=O)CN1CCC(CO)C1)c1ccc(Cl)cc1Cl. The molecule has 1 heterocycles. The van der Waals surface area contributed by atoms with Crippen molar-refractivity contribution in [3.63, 3.8) is 0 Å². The van der Waals surface area contributed by atoms with E-state index in [1.165, 1.54) is 0 Å². The van der Waals surface area contributed by atoms with Gasteiger partial charge in [-0.25, -0.2) is 0 Å². The lowest BCUT2D eigenvalue weighted by Gasteiger charge is -2.19. The Kier molecular flexibility index (Phi) is 5.88. The van der Waals surface area contributed by atoms with E-state index in [1.54, 1.807) is 12.1 Å². The van der Waals surface area contributed by atoms with E-state index in [0.717, 1.165) is 25.1 Å². The zero-order valence-electron chi connectivity index (χ0n) is 12.0. The molecule has 116 valence electrons. The highest BCUT2D eigenvalue weighted by atomic mass is 35.5. The van der Waals surface area contributed by atoms with Gasteiger partial charge >= 0.3 is 0 Å². The lowest BCUT2D eigenvalue weighted by Crippen LogP contribution is -2.37. The van der Waals surface area contributed by atoms with Crippen molar-refractivity contribution in [3.05, 3.63) is 33.8 Å². The van der Waals surface area contributed by atoms with Crippen LogP contribution in [-0.2, 0) is 4.79 Å². The number of carbonyl (C=O) groups excluding carboxylic acids is 1. The maximum absolute atomic E-state index is 12.1. The van der Waals surface area contributed by atoms with E-state index in [-0.39, 0.29) is 18.6 Å². The van der Waals surface area contributed by atoms with Crippen LogP contribution in [-0.4, -0.2) is 42.2 Å². The molecule has 21 heavy (non-hydrogen) atoms. The minimum Gasteiger partial charge on any atom is -0.396 e. The van der Waals surface area contributed by atoms with E-state index < -0.39 is 0 Å². The van der Waals surface area contributed by atoms with Crippen molar-refractivity contribution >= 4 is 29.1 Å². The summed E-state index contributed by atoms with van der Waals surface area (Å²) in [6.45, 7) is 4.07. The summed E-state index contributed by atoms with van der Waals surface area (Å²) in [6.07, 6.45) is 0.947. The molecule has 0 saturated carbocycles. The van der Waals surface area contributed by atoms with Gasteiger partial charge in [0.1, 0.15) is 0 Å². The summed E-state index contributed by atoms with van der Waals surface area (Å²) in [6, 6.07) is 5.09. The number of benzene rings is 1. The van der Waals surface area contributed by atoms with Crippen LogP contribution in [0.3, 0.4) is 0 Å². The standard InChI is InChI=1S/C15H20Cl2N2O2/c1-10(13-3-2-12(16)6-14(13)17)18-15(21)8-19-5-4-11(7-19)9-20/h2-3,6,10-11,20H,4-5,7-9H2,1H3,(H,18,21). The summed E-state index contributed by atoms with van der Waals surface area (Å²) in [5.41, 5.74) is 0.851. The lowest BCUT2D eigenvalue weighted by atomic mass is 10.1. The van der Waals surface area contributed by atoms with Gasteiger partial charge in [-0.15, -0.1) is 0 Å². The number of amides is 1. The summed E-state index contributed by atoms with van der Waals surface area (Å²) < 4.78 is 0. The van der Waals surface area contributed by atoms with Crippen LogP contribution < -0.4 is 5.32 Å². The average Bonchev–Trinajstić information content (AvgIpc) is 2.85. The number of aliphatic hydroxyl groups excluding tert-OH is 1. The molecule has 2 N–H and O–H groups in total. The average molecular weight is 331 g/mol. The largest absolute Gasteiger partial charge is 0.396 e. The molecule has 1 fully saturated rings. The van der Waals surface area contributed by atoms with Crippen LogP contribution in [0.5, 0.6) is 0 Å². The molecule has 2 atom stereocenters. The van der Waals surface area contributed by atoms with Gasteiger partial charge < -0.3 is 10.4 Å². The van der Waals surface area contributed by atoms with E-state index in [4.69, 9.17) is 28.3 Å². The summed E-state index contributed by atoms with van der Waals surface area (Å²) in [7, 11) is 0. The molecule has 2 rings (SSSR count).